The van der Waals surface area contributed by atoms with Crippen molar-refractivity contribution in [3.8, 4) is 5.69 Å². The molecule has 2 aromatic carbocycles. The molecule has 0 fully saturated rings. The van der Waals surface area contributed by atoms with Crippen molar-refractivity contribution in [3.05, 3.63) is 76.0 Å². The molecule has 0 bridgehead atoms. The van der Waals surface area contributed by atoms with Crippen LogP contribution in [0.25, 0.3) is 5.69 Å². The van der Waals surface area contributed by atoms with Gasteiger partial charge in [-0.1, -0.05) is 78.0 Å². The van der Waals surface area contributed by atoms with Gasteiger partial charge in [0.15, 0.2) is 5.16 Å². The molecule has 10 heteroatoms. The van der Waals surface area contributed by atoms with Crippen LogP contribution < -0.4 is 5.32 Å². The van der Waals surface area contributed by atoms with E-state index in [2.05, 4.69) is 25.7 Å². The maximum Gasteiger partial charge on any atom is 0.236 e. The summed E-state index contributed by atoms with van der Waals surface area (Å²) in [6, 6.07) is 17.6. The number of carbonyl (C=O) groups is 1. The van der Waals surface area contributed by atoms with Crippen LogP contribution in [0.1, 0.15) is 23.3 Å². The van der Waals surface area contributed by atoms with Gasteiger partial charge >= 0.3 is 0 Å². The number of carbonyl (C=O) groups excluding carboxylic acids is 1. The van der Waals surface area contributed by atoms with E-state index in [1.807, 2.05) is 66.1 Å². The van der Waals surface area contributed by atoms with Crippen molar-refractivity contribution in [1.82, 2.24) is 25.0 Å². The normalized spacial score (nSPS) is 10.9. The summed E-state index contributed by atoms with van der Waals surface area (Å²) in [5.74, 6) is 0.771. The van der Waals surface area contributed by atoms with Gasteiger partial charge in [-0.15, -0.1) is 20.4 Å². The minimum atomic E-state index is -0.172. The van der Waals surface area contributed by atoms with Gasteiger partial charge in [-0.05, 0) is 30.2 Å². The fourth-order valence-corrected chi connectivity index (χ4v) is 4.54. The summed E-state index contributed by atoms with van der Waals surface area (Å²) in [7, 11) is 0. The van der Waals surface area contributed by atoms with Crippen LogP contribution in [-0.2, 0) is 17.6 Å². The molecule has 2 heterocycles. The Balaban J connectivity index is 1.54. The highest BCUT2D eigenvalue weighted by Crippen LogP contribution is 2.25. The van der Waals surface area contributed by atoms with Gasteiger partial charge in [0.25, 0.3) is 0 Å². The molecule has 0 atom stereocenters. The standard InChI is InChI=1S/C21H19ClN6OS2/c1-2-19-25-26-20(31-19)23-18(29)13-30-21-27-24-17(11-14-7-4-3-5-8-14)28(21)16-10-6-9-15(22)12-16/h3-10,12H,2,11,13H2,1H3,(H,23,26,29). The van der Waals surface area contributed by atoms with Crippen LogP contribution in [0.5, 0.6) is 0 Å². The Morgan fingerprint density at radius 3 is 2.68 bits per heavy atom. The van der Waals surface area contributed by atoms with Gasteiger partial charge < -0.3 is 0 Å². The van der Waals surface area contributed by atoms with Gasteiger partial charge in [0.1, 0.15) is 10.8 Å². The number of aromatic nitrogens is 5. The third-order valence-electron chi connectivity index (χ3n) is 4.32. The first-order valence-electron chi connectivity index (χ1n) is 9.61. The van der Waals surface area contributed by atoms with E-state index in [1.54, 1.807) is 0 Å². The molecule has 0 aliphatic heterocycles. The molecular formula is C21H19ClN6OS2. The van der Waals surface area contributed by atoms with Crippen molar-refractivity contribution in [1.29, 1.82) is 0 Å². The average Bonchev–Trinajstić information content (AvgIpc) is 3.39. The summed E-state index contributed by atoms with van der Waals surface area (Å²) >= 11 is 8.91. The zero-order valence-corrected chi connectivity index (χ0v) is 19.0. The van der Waals surface area contributed by atoms with Crippen molar-refractivity contribution < 1.29 is 4.79 Å². The number of thioether (sulfide) groups is 1. The first kappa shape index (κ1) is 21.5. The van der Waals surface area contributed by atoms with E-state index in [4.69, 9.17) is 11.6 Å². The molecule has 158 valence electrons. The third-order valence-corrected chi connectivity index (χ3v) is 6.47. The number of hydrogen-bond acceptors (Lipinski definition) is 7. The van der Waals surface area contributed by atoms with E-state index >= 15 is 0 Å². The smallest absolute Gasteiger partial charge is 0.236 e. The third kappa shape index (κ3) is 5.49. The molecule has 0 spiro atoms. The quantitative estimate of drug-likeness (QED) is 0.377. The molecule has 2 aromatic heterocycles. The number of amides is 1. The SMILES string of the molecule is CCc1nnc(NC(=O)CSc2nnc(Cc3ccccc3)n2-c2cccc(Cl)c2)s1. The molecule has 0 saturated heterocycles. The molecule has 31 heavy (non-hydrogen) atoms. The Hall–Kier alpha value is -2.75. The molecule has 0 aliphatic carbocycles. The summed E-state index contributed by atoms with van der Waals surface area (Å²) in [6.07, 6.45) is 1.40. The Morgan fingerprint density at radius 2 is 1.94 bits per heavy atom. The summed E-state index contributed by atoms with van der Waals surface area (Å²) in [4.78, 5) is 12.4. The molecule has 7 nitrogen and oxygen atoms in total. The Morgan fingerprint density at radius 1 is 1.10 bits per heavy atom. The molecule has 1 amide bonds. The first-order chi connectivity index (χ1) is 15.1. The molecule has 4 rings (SSSR count). The summed E-state index contributed by atoms with van der Waals surface area (Å²) < 4.78 is 1.94. The maximum absolute atomic E-state index is 12.4. The summed E-state index contributed by atoms with van der Waals surface area (Å²) in [5.41, 5.74) is 1.97. The van der Waals surface area contributed by atoms with Gasteiger partial charge in [-0.2, -0.15) is 0 Å². The molecule has 0 unspecified atom stereocenters. The summed E-state index contributed by atoms with van der Waals surface area (Å²) in [6.45, 7) is 2.00. The lowest BCUT2D eigenvalue weighted by Gasteiger charge is -2.11. The van der Waals surface area contributed by atoms with Crippen LogP contribution in [0.2, 0.25) is 5.02 Å². The molecule has 0 saturated carbocycles. The molecule has 1 N–H and O–H groups in total. The number of rotatable bonds is 8. The number of halogens is 1. The van der Waals surface area contributed by atoms with Gasteiger partial charge in [-0.3, -0.25) is 14.7 Å². The Kier molecular flexibility index (Phi) is 6.96. The van der Waals surface area contributed by atoms with E-state index in [1.165, 1.54) is 23.1 Å². The molecule has 4 aromatic rings. The Bertz CT molecular complexity index is 1180. The molecular weight excluding hydrogens is 452 g/mol. The van der Waals surface area contributed by atoms with Crippen molar-refractivity contribution in [2.45, 2.75) is 24.9 Å². The van der Waals surface area contributed by atoms with Crippen molar-refractivity contribution in [2.24, 2.45) is 0 Å². The highest BCUT2D eigenvalue weighted by molar-refractivity contribution is 7.99. The zero-order valence-electron chi connectivity index (χ0n) is 16.7. The van der Waals surface area contributed by atoms with Crippen LogP contribution in [0.4, 0.5) is 5.13 Å². The second-order valence-electron chi connectivity index (χ2n) is 6.57. The van der Waals surface area contributed by atoms with E-state index < -0.39 is 0 Å². The minimum absolute atomic E-state index is 0.172. The second kappa shape index (κ2) is 10.0. The lowest BCUT2D eigenvalue weighted by atomic mass is 10.1. The predicted molar refractivity (Wildman–Crippen MR) is 124 cm³/mol. The van der Waals surface area contributed by atoms with Crippen LogP contribution in [0.15, 0.2) is 59.8 Å². The minimum Gasteiger partial charge on any atom is -0.300 e. The monoisotopic (exact) mass is 470 g/mol. The maximum atomic E-state index is 12.4. The van der Waals surface area contributed by atoms with Crippen LogP contribution in [-0.4, -0.2) is 36.6 Å². The van der Waals surface area contributed by atoms with Crippen LogP contribution in [0.3, 0.4) is 0 Å². The number of aryl methyl sites for hydroxylation is 1. The topological polar surface area (TPSA) is 85.6 Å². The number of anilines is 1. The predicted octanol–water partition coefficient (Wildman–Crippen LogP) is 4.66. The van der Waals surface area contributed by atoms with E-state index in [9.17, 15) is 4.79 Å². The highest BCUT2D eigenvalue weighted by atomic mass is 35.5. The largest absolute Gasteiger partial charge is 0.300 e. The van der Waals surface area contributed by atoms with Gasteiger partial charge in [-0.25, -0.2) is 0 Å². The molecule has 0 radical (unpaired) electrons. The Labute approximate surface area is 192 Å². The summed E-state index contributed by atoms with van der Waals surface area (Å²) in [5, 5.41) is 22.2. The molecule has 0 aliphatic rings. The van der Waals surface area contributed by atoms with Gasteiger partial charge in [0, 0.05) is 11.4 Å². The number of hydrogen-bond donors (Lipinski definition) is 1. The number of nitrogens with one attached hydrogen (secondary N) is 1. The highest BCUT2D eigenvalue weighted by Gasteiger charge is 2.17. The number of nitrogens with zero attached hydrogens (tertiary/aromatic N) is 5. The van der Waals surface area contributed by atoms with Gasteiger partial charge in [0.2, 0.25) is 11.0 Å². The fraction of sp³-hybridized carbons (Fsp3) is 0.190. The van der Waals surface area contributed by atoms with Crippen LogP contribution >= 0.6 is 34.7 Å². The van der Waals surface area contributed by atoms with E-state index in [-0.39, 0.29) is 11.7 Å². The number of benzene rings is 2. The lowest BCUT2D eigenvalue weighted by molar-refractivity contribution is -0.113. The van der Waals surface area contributed by atoms with E-state index in [0.717, 1.165) is 28.5 Å². The first-order valence-corrected chi connectivity index (χ1v) is 11.8. The van der Waals surface area contributed by atoms with E-state index in [0.29, 0.717) is 21.7 Å². The van der Waals surface area contributed by atoms with Crippen LogP contribution in [0, 0.1) is 0 Å². The van der Waals surface area contributed by atoms with Crippen molar-refractivity contribution >= 4 is 45.7 Å². The van der Waals surface area contributed by atoms with Crippen molar-refractivity contribution in [3.63, 3.8) is 0 Å². The van der Waals surface area contributed by atoms with Gasteiger partial charge in [0.05, 0.1) is 11.4 Å². The second-order valence-corrected chi connectivity index (χ2v) is 9.01. The zero-order chi connectivity index (χ0) is 21.6. The fourth-order valence-electron chi connectivity index (χ4n) is 2.89. The van der Waals surface area contributed by atoms with Crippen molar-refractivity contribution in [2.75, 3.05) is 11.1 Å². The average molecular weight is 471 g/mol. The lowest BCUT2D eigenvalue weighted by Crippen LogP contribution is -2.14.